The van der Waals surface area contributed by atoms with E-state index >= 15 is 0 Å². The predicted octanol–water partition coefficient (Wildman–Crippen LogP) is 2.30. The van der Waals surface area contributed by atoms with Crippen LogP contribution < -0.4 is 29.8 Å². The Morgan fingerprint density at radius 2 is 1.12 bits per heavy atom. The summed E-state index contributed by atoms with van der Waals surface area (Å²) in [5, 5.41) is 8.16. The maximum absolute atomic E-state index is 12.0. The standard InChI is InChI=1S/C22H22N4O6/c1-13(15-3-5-17-19(9-15)31-11-29-17)23-25-21(27)7-8-22(28)26-24-14(2)16-4-6-18-20(10-16)32-12-30-18/h3-6,9-10H,7-8,11-12H2,1-2H3,(H,25,27)(H,26,28). The van der Waals surface area contributed by atoms with Gasteiger partial charge in [-0.05, 0) is 50.2 Å². The fourth-order valence-corrected chi connectivity index (χ4v) is 3.00. The van der Waals surface area contributed by atoms with Gasteiger partial charge in [0.15, 0.2) is 23.0 Å². The number of ether oxygens (including phenoxy) is 4. The van der Waals surface area contributed by atoms with Crippen LogP contribution in [0.1, 0.15) is 37.8 Å². The van der Waals surface area contributed by atoms with Crippen LogP contribution >= 0.6 is 0 Å². The first kappa shape index (κ1) is 21.2. The van der Waals surface area contributed by atoms with Crippen LogP contribution in [0.3, 0.4) is 0 Å². The van der Waals surface area contributed by atoms with Crippen LogP contribution in [0.2, 0.25) is 0 Å². The lowest BCUT2D eigenvalue weighted by Crippen LogP contribution is -2.24. The first-order valence-electron chi connectivity index (χ1n) is 9.96. The van der Waals surface area contributed by atoms with E-state index in [1.807, 2.05) is 12.1 Å². The number of carbonyl (C=O) groups is 2. The van der Waals surface area contributed by atoms with Crippen molar-refractivity contribution < 1.29 is 28.5 Å². The van der Waals surface area contributed by atoms with E-state index in [1.165, 1.54) is 0 Å². The molecule has 10 nitrogen and oxygen atoms in total. The summed E-state index contributed by atoms with van der Waals surface area (Å²) >= 11 is 0. The van der Waals surface area contributed by atoms with Crippen molar-refractivity contribution in [2.24, 2.45) is 10.2 Å². The van der Waals surface area contributed by atoms with Gasteiger partial charge in [-0.15, -0.1) is 0 Å². The number of hydrogen-bond acceptors (Lipinski definition) is 8. The van der Waals surface area contributed by atoms with Crippen LogP contribution in [0.15, 0.2) is 46.6 Å². The van der Waals surface area contributed by atoms with Gasteiger partial charge in [-0.1, -0.05) is 0 Å². The Balaban J connectivity index is 1.23. The van der Waals surface area contributed by atoms with E-state index in [0.29, 0.717) is 34.4 Å². The van der Waals surface area contributed by atoms with E-state index in [2.05, 4.69) is 21.1 Å². The fourth-order valence-electron chi connectivity index (χ4n) is 3.00. The van der Waals surface area contributed by atoms with Crippen LogP contribution in [0.25, 0.3) is 0 Å². The van der Waals surface area contributed by atoms with Crippen molar-refractivity contribution in [3.05, 3.63) is 47.5 Å². The van der Waals surface area contributed by atoms with Crippen molar-refractivity contribution >= 4 is 23.2 Å². The molecule has 2 aromatic carbocycles. The normalized spacial score (nSPS) is 14.3. The predicted molar refractivity (Wildman–Crippen MR) is 115 cm³/mol. The molecular weight excluding hydrogens is 416 g/mol. The Morgan fingerprint density at radius 3 is 1.56 bits per heavy atom. The van der Waals surface area contributed by atoms with Crippen molar-refractivity contribution in [3.63, 3.8) is 0 Å². The minimum absolute atomic E-state index is 0.0255. The first-order chi connectivity index (χ1) is 15.5. The van der Waals surface area contributed by atoms with Gasteiger partial charge in [0.25, 0.3) is 0 Å². The molecule has 2 aromatic rings. The molecule has 0 radical (unpaired) electrons. The van der Waals surface area contributed by atoms with Crippen molar-refractivity contribution in [1.82, 2.24) is 10.9 Å². The Bertz CT molecular complexity index is 1020. The zero-order valence-electron chi connectivity index (χ0n) is 17.6. The molecule has 10 heteroatoms. The Labute approximate surface area is 184 Å². The summed E-state index contributed by atoms with van der Waals surface area (Å²) < 4.78 is 21.2. The zero-order valence-corrected chi connectivity index (χ0v) is 17.6. The van der Waals surface area contributed by atoms with Crippen molar-refractivity contribution in [1.29, 1.82) is 0 Å². The van der Waals surface area contributed by atoms with Gasteiger partial charge < -0.3 is 18.9 Å². The smallest absolute Gasteiger partial charge is 0.240 e. The molecule has 0 spiro atoms. The van der Waals surface area contributed by atoms with Gasteiger partial charge in [0.2, 0.25) is 25.4 Å². The molecule has 2 N–H and O–H groups in total. The minimum atomic E-state index is -0.378. The lowest BCUT2D eigenvalue weighted by molar-refractivity contribution is -0.126. The fraction of sp³-hybridized carbons (Fsp3) is 0.273. The molecule has 32 heavy (non-hydrogen) atoms. The van der Waals surface area contributed by atoms with E-state index in [9.17, 15) is 9.59 Å². The molecule has 0 unspecified atom stereocenters. The summed E-state index contributed by atoms with van der Waals surface area (Å²) in [5.41, 5.74) is 7.70. The molecule has 0 bridgehead atoms. The third kappa shape index (κ3) is 4.97. The maximum atomic E-state index is 12.0. The Morgan fingerprint density at radius 1 is 0.719 bits per heavy atom. The first-order valence-corrected chi connectivity index (χ1v) is 9.96. The quantitative estimate of drug-likeness (QED) is 0.506. The number of rotatable bonds is 7. The van der Waals surface area contributed by atoms with Gasteiger partial charge >= 0.3 is 0 Å². The lowest BCUT2D eigenvalue weighted by Gasteiger charge is -2.05. The summed E-state index contributed by atoms with van der Waals surface area (Å²) in [6.45, 7) is 3.90. The summed E-state index contributed by atoms with van der Waals surface area (Å²) in [6, 6.07) is 10.8. The monoisotopic (exact) mass is 438 g/mol. The highest BCUT2D eigenvalue weighted by molar-refractivity contribution is 6.00. The van der Waals surface area contributed by atoms with Gasteiger partial charge in [0.05, 0.1) is 11.4 Å². The molecule has 2 aliphatic heterocycles. The Hall–Kier alpha value is -4.08. The van der Waals surface area contributed by atoms with Gasteiger partial charge in [-0.3, -0.25) is 9.59 Å². The summed E-state index contributed by atoms with van der Waals surface area (Å²) in [4.78, 5) is 24.1. The van der Waals surface area contributed by atoms with Crippen LogP contribution in [0.5, 0.6) is 23.0 Å². The SMILES string of the molecule is CC(=NNC(=O)CCC(=O)NN=C(C)c1ccc2c(c1)OCO2)c1ccc2c(c1)OCO2. The van der Waals surface area contributed by atoms with E-state index in [4.69, 9.17) is 18.9 Å². The van der Waals surface area contributed by atoms with E-state index in [-0.39, 0.29) is 38.2 Å². The van der Waals surface area contributed by atoms with E-state index < -0.39 is 0 Å². The van der Waals surface area contributed by atoms with Crippen LogP contribution in [0, 0.1) is 0 Å². The van der Waals surface area contributed by atoms with Gasteiger partial charge in [0, 0.05) is 24.0 Å². The number of benzene rings is 2. The molecule has 2 heterocycles. The number of nitrogens with one attached hydrogen (secondary N) is 2. The van der Waals surface area contributed by atoms with Gasteiger partial charge in [-0.2, -0.15) is 10.2 Å². The van der Waals surface area contributed by atoms with Gasteiger partial charge in [0.1, 0.15) is 0 Å². The molecule has 4 rings (SSSR count). The van der Waals surface area contributed by atoms with Crippen LogP contribution in [-0.2, 0) is 9.59 Å². The Kier molecular flexibility index (Phi) is 6.20. The second-order valence-electron chi connectivity index (χ2n) is 7.10. The molecule has 2 aliphatic rings. The third-order valence-electron chi connectivity index (χ3n) is 4.86. The number of hydrogen-bond donors (Lipinski definition) is 2. The number of nitrogens with zero attached hydrogens (tertiary/aromatic N) is 2. The molecule has 0 saturated heterocycles. The average Bonchev–Trinajstić information content (AvgIpc) is 3.47. The van der Waals surface area contributed by atoms with Crippen molar-refractivity contribution in [2.75, 3.05) is 13.6 Å². The minimum Gasteiger partial charge on any atom is -0.454 e. The largest absolute Gasteiger partial charge is 0.454 e. The number of amides is 2. The summed E-state index contributed by atoms with van der Waals surface area (Å²) in [7, 11) is 0. The molecule has 2 amide bonds. The second kappa shape index (κ2) is 9.38. The lowest BCUT2D eigenvalue weighted by atomic mass is 10.1. The molecular formula is C22H22N4O6. The average molecular weight is 438 g/mol. The topological polar surface area (TPSA) is 120 Å². The molecule has 0 saturated carbocycles. The molecule has 0 aliphatic carbocycles. The molecule has 166 valence electrons. The third-order valence-corrected chi connectivity index (χ3v) is 4.86. The number of carbonyl (C=O) groups excluding carboxylic acids is 2. The zero-order chi connectivity index (χ0) is 22.5. The highest BCUT2D eigenvalue weighted by Gasteiger charge is 2.15. The van der Waals surface area contributed by atoms with E-state index in [0.717, 1.165) is 11.1 Å². The molecule has 0 aromatic heterocycles. The van der Waals surface area contributed by atoms with Crippen LogP contribution in [-0.4, -0.2) is 36.8 Å². The van der Waals surface area contributed by atoms with Crippen molar-refractivity contribution in [3.8, 4) is 23.0 Å². The van der Waals surface area contributed by atoms with Crippen molar-refractivity contribution in [2.45, 2.75) is 26.7 Å². The second-order valence-corrected chi connectivity index (χ2v) is 7.10. The maximum Gasteiger partial charge on any atom is 0.240 e. The highest BCUT2D eigenvalue weighted by atomic mass is 16.7. The van der Waals surface area contributed by atoms with Crippen LogP contribution in [0.4, 0.5) is 0 Å². The highest BCUT2D eigenvalue weighted by Crippen LogP contribution is 2.33. The molecule has 0 fully saturated rings. The van der Waals surface area contributed by atoms with Gasteiger partial charge in [-0.25, -0.2) is 10.9 Å². The molecule has 0 atom stereocenters. The number of hydrazone groups is 2. The summed E-state index contributed by atoms with van der Waals surface area (Å²) in [5.74, 6) is 1.86. The van der Waals surface area contributed by atoms with E-state index in [1.54, 1.807) is 38.1 Å². The summed E-state index contributed by atoms with van der Waals surface area (Å²) in [6.07, 6.45) is -0.0509. The number of fused-ring (bicyclic) bond motifs is 2.